The van der Waals surface area contributed by atoms with E-state index in [1.165, 1.54) is 5.56 Å². The average Bonchev–Trinajstić information content (AvgIpc) is 2.27. The zero-order valence-corrected chi connectivity index (χ0v) is 11.3. The van der Waals surface area contributed by atoms with Gasteiger partial charge in [0.2, 0.25) is 0 Å². The van der Waals surface area contributed by atoms with Crippen LogP contribution in [0.15, 0.2) is 23.4 Å². The summed E-state index contributed by atoms with van der Waals surface area (Å²) in [6.45, 7) is 6.59. The van der Waals surface area contributed by atoms with Crippen molar-refractivity contribution < 1.29 is 0 Å². The quantitative estimate of drug-likeness (QED) is 0.774. The van der Waals surface area contributed by atoms with Gasteiger partial charge < -0.3 is 5.73 Å². The highest BCUT2D eigenvalue weighted by atomic mass is 32.2. The first-order valence-corrected chi connectivity index (χ1v) is 6.94. The van der Waals surface area contributed by atoms with E-state index in [1.54, 1.807) is 0 Å². The fraction of sp³-hybridized carbons (Fsp3) is 0.615. The van der Waals surface area contributed by atoms with Crippen LogP contribution < -0.4 is 5.73 Å². The van der Waals surface area contributed by atoms with E-state index in [2.05, 4.69) is 31.8 Å². The molecule has 0 spiro atoms. The summed E-state index contributed by atoms with van der Waals surface area (Å²) in [6, 6.07) is 4.39. The van der Waals surface area contributed by atoms with E-state index >= 15 is 0 Å². The predicted molar refractivity (Wildman–Crippen MR) is 71.8 cm³/mol. The van der Waals surface area contributed by atoms with Gasteiger partial charge in [0.25, 0.3) is 0 Å². The van der Waals surface area contributed by atoms with E-state index in [1.807, 2.05) is 24.0 Å². The predicted octanol–water partition coefficient (Wildman–Crippen LogP) is 3.11. The molecule has 1 unspecified atom stereocenters. The van der Waals surface area contributed by atoms with Crippen molar-refractivity contribution in [3.8, 4) is 0 Å². The summed E-state index contributed by atoms with van der Waals surface area (Å²) < 4.78 is 0. The molecule has 1 atom stereocenters. The molecule has 2 nitrogen and oxygen atoms in total. The summed E-state index contributed by atoms with van der Waals surface area (Å²) >= 11 is 1.84. The van der Waals surface area contributed by atoms with Crippen LogP contribution in [-0.4, -0.2) is 16.8 Å². The number of rotatable bonds is 6. The van der Waals surface area contributed by atoms with Crippen molar-refractivity contribution in [3.63, 3.8) is 0 Å². The molecule has 0 radical (unpaired) electrons. The largest absolute Gasteiger partial charge is 0.327 e. The van der Waals surface area contributed by atoms with Gasteiger partial charge in [-0.1, -0.05) is 26.8 Å². The molecular formula is C13H22N2S. The molecule has 1 aromatic heterocycles. The minimum atomic E-state index is 0.252. The molecule has 0 aromatic carbocycles. The fourth-order valence-corrected chi connectivity index (χ4v) is 2.35. The molecule has 2 N–H and O–H groups in total. The van der Waals surface area contributed by atoms with Crippen LogP contribution in [-0.2, 0) is 6.42 Å². The van der Waals surface area contributed by atoms with E-state index < -0.39 is 0 Å². The maximum Gasteiger partial charge on any atom is 0.0992 e. The summed E-state index contributed by atoms with van der Waals surface area (Å²) in [6.07, 6.45) is 3.82. The lowest BCUT2D eigenvalue weighted by atomic mass is 10.1. The van der Waals surface area contributed by atoms with Gasteiger partial charge >= 0.3 is 0 Å². The van der Waals surface area contributed by atoms with Crippen LogP contribution in [0.4, 0.5) is 0 Å². The second-order valence-electron chi connectivity index (χ2n) is 4.54. The van der Waals surface area contributed by atoms with Gasteiger partial charge in [0.15, 0.2) is 0 Å². The molecular weight excluding hydrogens is 216 g/mol. The highest BCUT2D eigenvalue weighted by molar-refractivity contribution is 7.99. The molecule has 1 rings (SSSR count). The highest BCUT2D eigenvalue weighted by Gasteiger charge is 2.08. The smallest absolute Gasteiger partial charge is 0.0992 e. The van der Waals surface area contributed by atoms with Crippen LogP contribution in [0.5, 0.6) is 0 Å². The van der Waals surface area contributed by atoms with E-state index in [4.69, 9.17) is 5.73 Å². The standard InChI is InChI=1S/C13H22N2S/c1-4-12(14)8-11-6-5-7-15-13(11)16-9-10(2)3/h5-7,10,12H,4,8-9,14H2,1-3H3. The minimum absolute atomic E-state index is 0.252. The number of hydrogen-bond donors (Lipinski definition) is 1. The van der Waals surface area contributed by atoms with Crippen molar-refractivity contribution in [1.29, 1.82) is 0 Å². The Labute approximate surface area is 103 Å². The summed E-state index contributed by atoms with van der Waals surface area (Å²) in [5.74, 6) is 1.81. The summed E-state index contributed by atoms with van der Waals surface area (Å²) in [5, 5.41) is 1.15. The topological polar surface area (TPSA) is 38.9 Å². The molecule has 0 fully saturated rings. The lowest BCUT2D eigenvalue weighted by Gasteiger charge is -2.12. The van der Waals surface area contributed by atoms with E-state index in [9.17, 15) is 0 Å². The van der Waals surface area contributed by atoms with Crippen molar-refractivity contribution >= 4 is 11.8 Å². The molecule has 0 aliphatic carbocycles. The Hall–Kier alpha value is -0.540. The number of aromatic nitrogens is 1. The first kappa shape index (κ1) is 13.5. The maximum atomic E-state index is 5.99. The molecule has 0 amide bonds. The van der Waals surface area contributed by atoms with Crippen molar-refractivity contribution in [2.45, 2.75) is 44.7 Å². The van der Waals surface area contributed by atoms with E-state index in [-0.39, 0.29) is 6.04 Å². The van der Waals surface area contributed by atoms with Gasteiger partial charge in [-0.2, -0.15) is 0 Å². The number of hydrogen-bond acceptors (Lipinski definition) is 3. The second-order valence-corrected chi connectivity index (χ2v) is 5.55. The number of nitrogens with two attached hydrogens (primary N) is 1. The first-order chi connectivity index (χ1) is 7.63. The lowest BCUT2D eigenvalue weighted by Crippen LogP contribution is -2.21. The summed E-state index contributed by atoms with van der Waals surface area (Å²) in [5.41, 5.74) is 7.29. The van der Waals surface area contributed by atoms with Gasteiger partial charge in [-0.3, -0.25) is 0 Å². The van der Waals surface area contributed by atoms with Crippen LogP contribution in [0.2, 0.25) is 0 Å². The monoisotopic (exact) mass is 238 g/mol. The fourth-order valence-electron chi connectivity index (χ4n) is 1.38. The Morgan fingerprint density at radius 2 is 2.19 bits per heavy atom. The Balaban J connectivity index is 2.67. The number of pyridine rings is 1. The van der Waals surface area contributed by atoms with Gasteiger partial charge in [-0.15, -0.1) is 11.8 Å². The van der Waals surface area contributed by atoms with Crippen molar-refractivity contribution in [3.05, 3.63) is 23.9 Å². The zero-order valence-electron chi connectivity index (χ0n) is 10.4. The SMILES string of the molecule is CCC(N)Cc1cccnc1SCC(C)C. The molecule has 0 saturated carbocycles. The van der Waals surface area contributed by atoms with Gasteiger partial charge in [-0.05, 0) is 30.4 Å². The van der Waals surface area contributed by atoms with Crippen LogP contribution in [0.3, 0.4) is 0 Å². The minimum Gasteiger partial charge on any atom is -0.327 e. The molecule has 0 aliphatic rings. The van der Waals surface area contributed by atoms with Crippen molar-refractivity contribution in [1.82, 2.24) is 4.98 Å². The average molecular weight is 238 g/mol. The molecule has 3 heteroatoms. The van der Waals surface area contributed by atoms with Gasteiger partial charge in [-0.25, -0.2) is 4.98 Å². The Morgan fingerprint density at radius 1 is 1.44 bits per heavy atom. The summed E-state index contributed by atoms with van der Waals surface area (Å²) in [7, 11) is 0. The second kappa shape index (κ2) is 6.92. The molecule has 0 saturated heterocycles. The van der Waals surface area contributed by atoms with Gasteiger partial charge in [0.05, 0.1) is 5.03 Å². The van der Waals surface area contributed by atoms with Crippen LogP contribution in [0.25, 0.3) is 0 Å². The number of thioether (sulfide) groups is 1. The normalized spacial score (nSPS) is 13.1. The van der Waals surface area contributed by atoms with Crippen LogP contribution in [0, 0.1) is 5.92 Å². The molecule has 90 valence electrons. The molecule has 0 bridgehead atoms. The van der Waals surface area contributed by atoms with Gasteiger partial charge in [0, 0.05) is 18.0 Å². The molecule has 1 heterocycles. The lowest BCUT2D eigenvalue weighted by molar-refractivity contribution is 0.637. The Bertz CT molecular complexity index is 313. The molecule has 16 heavy (non-hydrogen) atoms. The first-order valence-electron chi connectivity index (χ1n) is 5.95. The van der Waals surface area contributed by atoms with Crippen LogP contribution >= 0.6 is 11.8 Å². The Kier molecular flexibility index (Phi) is 5.85. The summed E-state index contributed by atoms with van der Waals surface area (Å²) in [4.78, 5) is 4.45. The highest BCUT2D eigenvalue weighted by Crippen LogP contribution is 2.23. The third-order valence-electron chi connectivity index (χ3n) is 2.41. The van der Waals surface area contributed by atoms with Crippen molar-refractivity contribution in [2.75, 3.05) is 5.75 Å². The Morgan fingerprint density at radius 3 is 2.81 bits per heavy atom. The molecule has 0 aliphatic heterocycles. The van der Waals surface area contributed by atoms with Crippen LogP contribution in [0.1, 0.15) is 32.8 Å². The third kappa shape index (κ3) is 4.54. The maximum absolute atomic E-state index is 5.99. The number of nitrogens with zero attached hydrogens (tertiary/aromatic N) is 1. The zero-order chi connectivity index (χ0) is 12.0. The third-order valence-corrected chi connectivity index (χ3v) is 3.88. The van der Waals surface area contributed by atoms with E-state index in [0.717, 1.165) is 23.6 Å². The van der Waals surface area contributed by atoms with Gasteiger partial charge in [0.1, 0.15) is 0 Å². The van der Waals surface area contributed by atoms with E-state index in [0.29, 0.717) is 5.92 Å². The molecule has 1 aromatic rings. The van der Waals surface area contributed by atoms with Crippen molar-refractivity contribution in [2.24, 2.45) is 11.7 Å².